The van der Waals surface area contributed by atoms with E-state index in [2.05, 4.69) is 18.8 Å². The molecule has 1 N–H and O–H groups in total. The molecule has 1 amide bonds. The zero-order valence-electron chi connectivity index (χ0n) is 16.9. The lowest BCUT2D eigenvalue weighted by molar-refractivity contribution is 0.0982. The number of halogens is 1. The minimum atomic E-state index is -0.348. The molecule has 29 heavy (non-hydrogen) atoms. The Morgan fingerprint density at radius 3 is 2.38 bits per heavy atom. The summed E-state index contributed by atoms with van der Waals surface area (Å²) in [5, 5.41) is 0.464. The van der Waals surface area contributed by atoms with E-state index in [0.29, 0.717) is 35.3 Å². The van der Waals surface area contributed by atoms with Gasteiger partial charge in [-0.05, 0) is 37.0 Å². The lowest BCUT2D eigenvalue weighted by Gasteiger charge is -2.25. The van der Waals surface area contributed by atoms with Gasteiger partial charge in [-0.15, -0.1) is 0 Å². The van der Waals surface area contributed by atoms with Gasteiger partial charge in [0.25, 0.3) is 5.91 Å². The van der Waals surface area contributed by atoms with E-state index < -0.39 is 0 Å². The zero-order valence-corrected chi connectivity index (χ0v) is 17.7. The Morgan fingerprint density at radius 2 is 1.72 bits per heavy atom. The molecule has 0 radical (unpaired) electrons. The van der Waals surface area contributed by atoms with E-state index in [-0.39, 0.29) is 16.9 Å². The second kappa shape index (κ2) is 9.10. The molecule has 0 saturated carbocycles. The summed E-state index contributed by atoms with van der Waals surface area (Å²) in [4.78, 5) is 31.4. The molecule has 0 atom stereocenters. The van der Waals surface area contributed by atoms with Crippen molar-refractivity contribution >= 4 is 23.2 Å². The third kappa shape index (κ3) is 4.96. The highest BCUT2D eigenvalue weighted by Crippen LogP contribution is 2.28. The summed E-state index contributed by atoms with van der Waals surface area (Å²) in [5.74, 6) is -0.0549. The number of benzene rings is 2. The summed E-state index contributed by atoms with van der Waals surface area (Å²) in [6, 6.07) is 18.4. The van der Waals surface area contributed by atoms with E-state index in [1.54, 1.807) is 17.0 Å². The Labute approximate surface area is 176 Å². The molecule has 0 bridgehead atoms. The average molecular weight is 409 g/mol. The minimum Gasteiger partial charge on any atom is -0.362 e. The number of rotatable bonds is 6. The lowest BCUT2D eigenvalue weighted by atomic mass is 10.0. The second-order valence-corrected chi connectivity index (χ2v) is 8.00. The van der Waals surface area contributed by atoms with Gasteiger partial charge in [-0.2, -0.15) is 0 Å². The third-order valence-electron chi connectivity index (χ3n) is 4.64. The predicted molar refractivity (Wildman–Crippen MR) is 119 cm³/mol. The Balaban J connectivity index is 2.13. The third-order valence-corrected chi connectivity index (χ3v) is 4.96. The molecule has 4 nitrogen and oxygen atoms in total. The number of pyridine rings is 1. The first-order valence-electron chi connectivity index (χ1n) is 9.70. The quantitative estimate of drug-likeness (QED) is 0.595. The second-order valence-electron chi connectivity index (χ2n) is 7.60. The van der Waals surface area contributed by atoms with E-state index in [9.17, 15) is 9.59 Å². The maximum absolute atomic E-state index is 13.7. The van der Waals surface area contributed by atoms with Crippen LogP contribution in [0.3, 0.4) is 0 Å². The fourth-order valence-electron chi connectivity index (χ4n) is 3.39. The van der Waals surface area contributed by atoms with E-state index in [1.165, 1.54) is 6.07 Å². The fraction of sp³-hybridized carbons (Fsp3) is 0.250. The molecule has 0 saturated heterocycles. The van der Waals surface area contributed by atoms with Crippen molar-refractivity contribution in [3.05, 3.63) is 98.4 Å². The van der Waals surface area contributed by atoms with Gasteiger partial charge in [0.05, 0.1) is 17.3 Å². The van der Waals surface area contributed by atoms with Crippen LogP contribution < -0.4 is 10.3 Å². The molecule has 0 aliphatic heterocycles. The molecule has 5 heteroatoms. The number of nitrogens with one attached hydrogen (secondary N) is 1. The molecular formula is C24H25ClN2O2. The molecule has 0 unspecified atom stereocenters. The molecule has 0 fully saturated rings. The van der Waals surface area contributed by atoms with Crippen LogP contribution in [0.4, 0.5) is 5.69 Å². The molecule has 1 aromatic heterocycles. The Bertz CT molecular complexity index is 1060. The van der Waals surface area contributed by atoms with Crippen molar-refractivity contribution in [1.29, 1.82) is 0 Å². The molecule has 2 aromatic carbocycles. The highest BCUT2D eigenvalue weighted by Gasteiger charge is 2.26. The van der Waals surface area contributed by atoms with E-state index in [0.717, 1.165) is 11.3 Å². The maximum atomic E-state index is 13.7. The first kappa shape index (κ1) is 20.9. The summed E-state index contributed by atoms with van der Waals surface area (Å²) >= 11 is 6.43. The molecule has 1 heterocycles. The number of nitrogens with zero attached hydrogens (tertiary/aromatic N) is 1. The molecule has 3 aromatic rings. The van der Waals surface area contributed by atoms with Crippen LogP contribution in [0.15, 0.2) is 65.5 Å². The molecule has 0 aliphatic carbocycles. The van der Waals surface area contributed by atoms with Gasteiger partial charge < -0.3 is 9.88 Å². The number of aromatic nitrogens is 1. The van der Waals surface area contributed by atoms with Gasteiger partial charge in [-0.3, -0.25) is 9.59 Å². The Morgan fingerprint density at radius 1 is 1.07 bits per heavy atom. The van der Waals surface area contributed by atoms with Crippen LogP contribution in [0.1, 0.15) is 41.2 Å². The number of amides is 1. The molecule has 0 aliphatic rings. The number of para-hydroxylation sites is 1. The van der Waals surface area contributed by atoms with Crippen molar-refractivity contribution in [1.82, 2.24) is 4.98 Å². The van der Waals surface area contributed by atoms with Gasteiger partial charge in [-0.1, -0.05) is 67.9 Å². The first-order valence-corrected chi connectivity index (χ1v) is 10.1. The smallest absolute Gasteiger partial charge is 0.264 e. The highest BCUT2D eigenvalue weighted by molar-refractivity contribution is 6.34. The zero-order chi connectivity index (χ0) is 21.0. The largest absolute Gasteiger partial charge is 0.362 e. The standard InChI is InChI=1S/C24H25ClN2O2/c1-16(2)13-20-23(22(28)14-17(3)26-20)24(29)27(15-18-9-5-4-6-10-18)21-12-8-7-11-19(21)25/h4-12,14,16H,13,15H2,1-3H3,(H,26,28). The number of hydrogen-bond donors (Lipinski definition) is 1. The van der Waals surface area contributed by atoms with Crippen molar-refractivity contribution in [2.75, 3.05) is 4.90 Å². The van der Waals surface area contributed by atoms with Crippen LogP contribution in [-0.4, -0.2) is 10.9 Å². The number of anilines is 1. The fourth-order valence-corrected chi connectivity index (χ4v) is 3.63. The number of aryl methyl sites for hydroxylation is 1. The first-order chi connectivity index (χ1) is 13.9. The number of carbonyl (C=O) groups is 1. The predicted octanol–water partition coefficient (Wildman–Crippen LogP) is 5.38. The lowest BCUT2D eigenvalue weighted by Crippen LogP contribution is -2.35. The summed E-state index contributed by atoms with van der Waals surface area (Å²) in [6.45, 7) is 6.27. The van der Waals surface area contributed by atoms with Crippen LogP contribution in [-0.2, 0) is 13.0 Å². The van der Waals surface area contributed by atoms with Crippen LogP contribution >= 0.6 is 11.6 Å². The van der Waals surface area contributed by atoms with E-state index in [1.807, 2.05) is 49.4 Å². The minimum absolute atomic E-state index is 0.181. The summed E-state index contributed by atoms with van der Waals surface area (Å²) in [5.41, 5.74) is 2.86. The maximum Gasteiger partial charge on any atom is 0.264 e. The number of H-pyrrole nitrogens is 1. The van der Waals surface area contributed by atoms with Crippen molar-refractivity contribution < 1.29 is 4.79 Å². The Hall–Kier alpha value is -2.85. The summed E-state index contributed by atoms with van der Waals surface area (Å²) in [6.07, 6.45) is 0.611. The summed E-state index contributed by atoms with van der Waals surface area (Å²) < 4.78 is 0. The van der Waals surface area contributed by atoms with Crippen LogP contribution in [0, 0.1) is 12.8 Å². The van der Waals surface area contributed by atoms with E-state index >= 15 is 0 Å². The SMILES string of the molecule is Cc1cc(=O)c(C(=O)N(Cc2ccccc2)c2ccccc2Cl)c(CC(C)C)[nH]1. The average Bonchev–Trinajstić information content (AvgIpc) is 2.66. The molecular weight excluding hydrogens is 384 g/mol. The van der Waals surface area contributed by atoms with Gasteiger partial charge in [-0.25, -0.2) is 0 Å². The number of carbonyl (C=O) groups excluding carboxylic acids is 1. The van der Waals surface area contributed by atoms with Crippen molar-refractivity contribution in [3.63, 3.8) is 0 Å². The van der Waals surface area contributed by atoms with Crippen LogP contribution in [0.2, 0.25) is 5.02 Å². The van der Waals surface area contributed by atoms with Gasteiger partial charge >= 0.3 is 0 Å². The molecule has 3 rings (SSSR count). The van der Waals surface area contributed by atoms with Gasteiger partial charge in [0.1, 0.15) is 5.56 Å². The van der Waals surface area contributed by atoms with Gasteiger partial charge in [0.15, 0.2) is 5.43 Å². The van der Waals surface area contributed by atoms with E-state index in [4.69, 9.17) is 11.6 Å². The summed E-state index contributed by atoms with van der Waals surface area (Å²) in [7, 11) is 0. The van der Waals surface area contributed by atoms with Crippen molar-refractivity contribution in [2.24, 2.45) is 5.92 Å². The van der Waals surface area contributed by atoms with Crippen LogP contribution in [0.25, 0.3) is 0 Å². The van der Waals surface area contributed by atoms with Gasteiger partial charge in [0.2, 0.25) is 0 Å². The van der Waals surface area contributed by atoms with Crippen molar-refractivity contribution in [3.8, 4) is 0 Å². The monoisotopic (exact) mass is 408 g/mol. The topological polar surface area (TPSA) is 53.2 Å². The highest BCUT2D eigenvalue weighted by atomic mass is 35.5. The van der Waals surface area contributed by atoms with Crippen molar-refractivity contribution in [2.45, 2.75) is 33.7 Å². The molecule has 150 valence electrons. The molecule has 0 spiro atoms. The van der Waals surface area contributed by atoms with Gasteiger partial charge in [0, 0.05) is 17.5 Å². The van der Waals surface area contributed by atoms with Crippen LogP contribution in [0.5, 0.6) is 0 Å². The normalized spacial score (nSPS) is 10.9. The number of aromatic amines is 1. The number of hydrogen-bond acceptors (Lipinski definition) is 2. The Kier molecular flexibility index (Phi) is 6.55.